The van der Waals surface area contributed by atoms with Gasteiger partial charge in [-0.05, 0) is 36.6 Å². The van der Waals surface area contributed by atoms with Crippen molar-refractivity contribution in [1.29, 1.82) is 0 Å². The summed E-state index contributed by atoms with van der Waals surface area (Å²) < 4.78 is 2.48. The van der Waals surface area contributed by atoms with Gasteiger partial charge in [0.15, 0.2) is 0 Å². The smallest absolute Gasteiger partial charge is 0.274 e. The molecule has 1 aliphatic heterocycles. The van der Waals surface area contributed by atoms with Gasteiger partial charge in [-0.1, -0.05) is 42.5 Å². The molecule has 1 saturated heterocycles. The molecule has 0 radical (unpaired) electrons. The van der Waals surface area contributed by atoms with E-state index in [4.69, 9.17) is 4.98 Å². The number of rotatable bonds is 4. The van der Waals surface area contributed by atoms with E-state index in [9.17, 15) is 9.59 Å². The predicted octanol–water partition coefficient (Wildman–Crippen LogP) is 3.88. The number of likely N-dealkylation sites (tertiary alicyclic amines) is 1. The quantitative estimate of drug-likeness (QED) is 0.506. The van der Waals surface area contributed by atoms with Gasteiger partial charge in [-0.3, -0.25) is 9.59 Å². The Bertz CT molecular complexity index is 1230. The highest BCUT2D eigenvalue weighted by atomic mass is 32.1. The molecule has 1 unspecified atom stereocenters. The summed E-state index contributed by atoms with van der Waals surface area (Å²) in [5, 5.41) is 5.34. The van der Waals surface area contributed by atoms with Crippen molar-refractivity contribution in [3.8, 4) is 0 Å². The van der Waals surface area contributed by atoms with Crippen LogP contribution in [0.25, 0.3) is 10.2 Å². The average Bonchev–Trinajstić information content (AvgIpc) is 3.42. The van der Waals surface area contributed by atoms with Crippen LogP contribution >= 0.6 is 11.3 Å². The number of nitrogens with zero attached hydrogens (tertiary/aromatic N) is 4. The second-order valence-electron chi connectivity index (χ2n) is 7.38. The van der Waals surface area contributed by atoms with Crippen LogP contribution in [-0.2, 0) is 6.54 Å². The standard InChI is InChI=1S/C23H20N4O2S/c28-21-13-12-18(25-27(21)15-16-7-2-1-3-8-16)23(29)26-14-6-10-19(26)22-24-17-9-4-5-11-20(17)30-22/h1-5,7-9,11-13,19H,6,10,14-15H2. The van der Waals surface area contributed by atoms with Crippen molar-refractivity contribution in [2.75, 3.05) is 6.54 Å². The fraction of sp³-hybridized carbons (Fsp3) is 0.217. The van der Waals surface area contributed by atoms with Crippen LogP contribution in [0.15, 0.2) is 71.5 Å². The second-order valence-corrected chi connectivity index (χ2v) is 8.44. The minimum atomic E-state index is -0.223. The van der Waals surface area contributed by atoms with E-state index in [0.29, 0.717) is 18.8 Å². The van der Waals surface area contributed by atoms with Crippen molar-refractivity contribution in [2.45, 2.75) is 25.4 Å². The third kappa shape index (κ3) is 3.52. The Balaban J connectivity index is 1.43. The molecule has 2 aromatic heterocycles. The third-order valence-electron chi connectivity index (χ3n) is 5.37. The Morgan fingerprint density at radius 2 is 1.83 bits per heavy atom. The maximum absolute atomic E-state index is 13.3. The van der Waals surface area contributed by atoms with Crippen LogP contribution in [0.3, 0.4) is 0 Å². The van der Waals surface area contributed by atoms with Crippen molar-refractivity contribution in [3.05, 3.63) is 93.3 Å². The van der Waals surface area contributed by atoms with Crippen molar-refractivity contribution < 1.29 is 4.79 Å². The number of carbonyl (C=O) groups is 1. The molecular weight excluding hydrogens is 396 g/mol. The lowest BCUT2D eigenvalue weighted by Crippen LogP contribution is -2.33. The molecule has 30 heavy (non-hydrogen) atoms. The molecule has 1 atom stereocenters. The number of thiazole rings is 1. The van der Waals surface area contributed by atoms with Gasteiger partial charge in [0.2, 0.25) is 0 Å². The number of benzene rings is 2. The monoisotopic (exact) mass is 416 g/mol. The highest BCUT2D eigenvalue weighted by Gasteiger charge is 2.33. The van der Waals surface area contributed by atoms with E-state index in [1.54, 1.807) is 11.3 Å². The molecule has 7 heteroatoms. The summed E-state index contributed by atoms with van der Waals surface area (Å²) in [6, 6.07) is 20.6. The minimum absolute atomic E-state index is 0.0498. The number of carbonyl (C=O) groups excluding carboxylic acids is 1. The maximum Gasteiger partial charge on any atom is 0.274 e. The predicted molar refractivity (Wildman–Crippen MR) is 117 cm³/mol. The lowest BCUT2D eigenvalue weighted by Gasteiger charge is -2.22. The number of amides is 1. The molecule has 0 aliphatic carbocycles. The second kappa shape index (κ2) is 7.84. The first-order chi connectivity index (χ1) is 14.7. The van der Waals surface area contributed by atoms with Gasteiger partial charge in [-0.25, -0.2) is 9.67 Å². The normalized spacial score (nSPS) is 16.3. The number of hydrogen-bond donors (Lipinski definition) is 0. The van der Waals surface area contributed by atoms with Gasteiger partial charge in [-0.2, -0.15) is 5.10 Å². The highest BCUT2D eigenvalue weighted by molar-refractivity contribution is 7.18. The zero-order valence-corrected chi connectivity index (χ0v) is 17.1. The van der Waals surface area contributed by atoms with E-state index < -0.39 is 0 Å². The molecular formula is C23H20N4O2S. The van der Waals surface area contributed by atoms with Crippen LogP contribution in [0, 0.1) is 0 Å². The molecule has 2 aromatic carbocycles. The lowest BCUT2D eigenvalue weighted by atomic mass is 10.2. The molecule has 3 heterocycles. The summed E-state index contributed by atoms with van der Waals surface area (Å²) in [5.74, 6) is -0.154. The first kappa shape index (κ1) is 18.7. The zero-order valence-electron chi connectivity index (χ0n) is 16.3. The molecule has 0 spiro atoms. The Hall–Kier alpha value is -3.32. The van der Waals surface area contributed by atoms with Gasteiger partial charge in [-0.15, -0.1) is 11.3 Å². The Morgan fingerprint density at radius 3 is 2.67 bits per heavy atom. The molecule has 4 aromatic rings. The van der Waals surface area contributed by atoms with Crippen LogP contribution in [-0.4, -0.2) is 32.1 Å². The topological polar surface area (TPSA) is 68.1 Å². The number of hydrogen-bond acceptors (Lipinski definition) is 5. The SMILES string of the molecule is O=C(c1ccc(=O)n(Cc2ccccc2)n1)N1CCCC1c1nc2ccccc2s1. The zero-order chi connectivity index (χ0) is 20.5. The number of aromatic nitrogens is 3. The van der Waals surface area contributed by atoms with E-state index in [2.05, 4.69) is 11.2 Å². The maximum atomic E-state index is 13.3. The summed E-state index contributed by atoms with van der Waals surface area (Å²) in [7, 11) is 0. The fourth-order valence-corrected chi connectivity index (χ4v) is 4.99. The van der Waals surface area contributed by atoms with E-state index in [1.807, 2.05) is 53.4 Å². The van der Waals surface area contributed by atoms with Gasteiger partial charge >= 0.3 is 0 Å². The van der Waals surface area contributed by atoms with Gasteiger partial charge < -0.3 is 4.90 Å². The molecule has 1 aliphatic rings. The van der Waals surface area contributed by atoms with E-state index in [0.717, 1.165) is 33.6 Å². The molecule has 0 bridgehead atoms. The molecule has 1 amide bonds. The molecule has 5 rings (SSSR count). The lowest BCUT2D eigenvalue weighted by molar-refractivity contribution is 0.0726. The summed E-state index contributed by atoms with van der Waals surface area (Å²) >= 11 is 1.64. The molecule has 1 fully saturated rings. The Kier molecular flexibility index (Phi) is 4.88. The van der Waals surface area contributed by atoms with Crippen molar-refractivity contribution in [2.24, 2.45) is 0 Å². The third-order valence-corrected chi connectivity index (χ3v) is 6.51. The van der Waals surface area contributed by atoms with Gasteiger partial charge in [0.1, 0.15) is 10.7 Å². The van der Waals surface area contributed by atoms with Crippen molar-refractivity contribution in [3.63, 3.8) is 0 Å². The first-order valence-electron chi connectivity index (χ1n) is 9.97. The highest BCUT2D eigenvalue weighted by Crippen LogP contribution is 2.37. The summed E-state index contributed by atoms with van der Waals surface area (Å²) in [5.41, 5.74) is 2.00. The number of para-hydroxylation sites is 1. The van der Waals surface area contributed by atoms with Crippen LogP contribution in [0.4, 0.5) is 0 Å². The molecule has 6 nitrogen and oxygen atoms in total. The average molecular weight is 417 g/mol. The fourth-order valence-electron chi connectivity index (χ4n) is 3.88. The molecule has 0 saturated carbocycles. The Morgan fingerprint density at radius 1 is 1.03 bits per heavy atom. The van der Waals surface area contributed by atoms with E-state index >= 15 is 0 Å². The van der Waals surface area contributed by atoms with Gasteiger partial charge in [0.25, 0.3) is 11.5 Å². The van der Waals surface area contributed by atoms with Crippen LogP contribution in [0.2, 0.25) is 0 Å². The Labute approximate surface area is 177 Å². The van der Waals surface area contributed by atoms with Crippen LogP contribution < -0.4 is 5.56 Å². The molecule has 150 valence electrons. The van der Waals surface area contributed by atoms with E-state index in [-0.39, 0.29) is 17.5 Å². The van der Waals surface area contributed by atoms with Gasteiger partial charge in [0, 0.05) is 12.6 Å². The van der Waals surface area contributed by atoms with Gasteiger partial charge in [0.05, 0.1) is 22.8 Å². The summed E-state index contributed by atoms with van der Waals surface area (Å²) in [6.45, 7) is 1.00. The van der Waals surface area contributed by atoms with Crippen LogP contribution in [0.5, 0.6) is 0 Å². The minimum Gasteiger partial charge on any atom is -0.328 e. The molecule has 0 N–H and O–H groups in total. The van der Waals surface area contributed by atoms with Crippen molar-refractivity contribution >= 4 is 27.5 Å². The first-order valence-corrected chi connectivity index (χ1v) is 10.8. The summed E-state index contributed by atoms with van der Waals surface area (Å²) in [4.78, 5) is 32.2. The summed E-state index contributed by atoms with van der Waals surface area (Å²) in [6.07, 6.45) is 1.81. The van der Waals surface area contributed by atoms with Crippen LogP contribution in [0.1, 0.15) is 39.9 Å². The van der Waals surface area contributed by atoms with Crippen molar-refractivity contribution in [1.82, 2.24) is 19.7 Å². The largest absolute Gasteiger partial charge is 0.328 e. The number of fused-ring (bicyclic) bond motifs is 1. The van der Waals surface area contributed by atoms with E-state index in [1.165, 1.54) is 16.8 Å².